The number of aromatic nitrogens is 1. The second-order valence-electron chi connectivity index (χ2n) is 8.16. The van der Waals surface area contributed by atoms with Crippen LogP contribution in [0.15, 0.2) is 51.9 Å². The Bertz CT molecular complexity index is 1280. The van der Waals surface area contributed by atoms with Gasteiger partial charge in [-0.1, -0.05) is 29.4 Å². The minimum absolute atomic E-state index is 0.0525. The average molecular weight is 480 g/mol. The number of aryl methyl sites for hydroxylation is 2. The van der Waals surface area contributed by atoms with Gasteiger partial charge in [0.1, 0.15) is 5.69 Å². The third-order valence-electron chi connectivity index (χ3n) is 6.05. The van der Waals surface area contributed by atoms with Crippen molar-refractivity contribution in [2.75, 3.05) is 31.1 Å². The summed E-state index contributed by atoms with van der Waals surface area (Å²) in [6, 6.07) is 11.3. The summed E-state index contributed by atoms with van der Waals surface area (Å²) in [5, 5.41) is 3.47. The largest absolute Gasteiger partial charge is 0.452 e. The molecule has 1 aliphatic rings. The minimum atomic E-state index is -4.67. The van der Waals surface area contributed by atoms with E-state index in [1.165, 1.54) is 27.6 Å². The molecule has 0 bridgehead atoms. The van der Waals surface area contributed by atoms with Gasteiger partial charge in [-0.25, -0.2) is 8.42 Å². The second-order valence-corrected chi connectivity index (χ2v) is 10.1. The van der Waals surface area contributed by atoms with Gasteiger partial charge in [0, 0.05) is 43.5 Å². The third kappa shape index (κ3) is 4.49. The molecule has 4 rings (SSSR count). The molecule has 6 nitrogen and oxygen atoms in total. The summed E-state index contributed by atoms with van der Waals surface area (Å²) in [6.07, 6.45) is -4.67. The van der Waals surface area contributed by atoms with Crippen LogP contribution in [0.2, 0.25) is 0 Å². The summed E-state index contributed by atoms with van der Waals surface area (Å²) in [6.45, 7) is 7.45. The molecule has 0 amide bonds. The molecule has 2 heterocycles. The minimum Gasteiger partial charge on any atom is -0.369 e. The highest BCUT2D eigenvalue weighted by molar-refractivity contribution is 7.89. The molecule has 0 saturated carbocycles. The van der Waals surface area contributed by atoms with Crippen molar-refractivity contribution in [3.63, 3.8) is 0 Å². The van der Waals surface area contributed by atoms with Crippen LogP contribution in [0.25, 0.3) is 11.3 Å². The van der Waals surface area contributed by atoms with E-state index in [2.05, 4.69) is 21.5 Å². The summed E-state index contributed by atoms with van der Waals surface area (Å²) in [4.78, 5) is 2.22. The maximum atomic E-state index is 13.4. The molecule has 3 aromatic rings. The van der Waals surface area contributed by atoms with Gasteiger partial charge >= 0.3 is 6.18 Å². The fraction of sp³-hybridized carbons (Fsp3) is 0.348. The summed E-state index contributed by atoms with van der Waals surface area (Å²) in [7, 11) is -3.84. The maximum absolute atomic E-state index is 13.4. The van der Waals surface area contributed by atoms with Crippen LogP contribution in [0.5, 0.6) is 0 Å². The molecule has 0 atom stereocenters. The number of halogens is 3. The number of nitrogens with zero attached hydrogens (tertiary/aromatic N) is 3. The maximum Gasteiger partial charge on any atom is 0.452 e. The Morgan fingerprint density at radius 1 is 0.939 bits per heavy atom. The van der Waals surface area contributed by atoms with Crippen molar-refractivity contribution in [1.82, 2.24) is 9.46 Å². The first-order chi connectivity index (χ1) is 15.5. The number of rotatable bonds is 4. The quantitative estimate of drug-likeness (QED) is 0.538. The van der Waals surface area contributed by atoms with Crippen LogP contribution >= 0.6 is 0 Å². The van der Waals surface area contributed by atoms with Crippen LogP contribution in [0, 0.1) is 20.8 Å². The number of benzene rings is 2. The lowest BCUT2D eigenvalue weighted by Crippen LogP contribution is -2.49. The van der Waals surface area contributed by atoms with Gasteiger partial charge < -0.3 is 9.42 Å². The van der Waals surface area contributed by atoms with E-state index in [-0.39, 0.29) is 16.2 Å². The normalized spacial score (nSPS) is 15.8. The Hall–Kier alpha value is -2.85. The molecule has 2 aromatic carbocycles. The highest BCUT2D eigenvalue weighted by Gasteiger charge is 2.36. The van der Waals surface area contributed by atoms with Crippen LogP contribution in [-0.2, 0) is 16.2 Å². The lowest BCUT2D eigenvalue weighted by atomic mass is 10.1. The van der Waals surface area contributed by atoms with E-state index in [1.54, 1.807) is 13.0 Å². The second kappa shape index (κ2) is 8.49. The van der Waals surface area contributed by atoms with Gasteiger partial charge in [0.2, 0.25) is 15.8 Å². The fourth-order valence-corrected chi connectivity index (χ4v) is 5.64. The molecular formula is C23H24F3N3O3S. The number of piperazine rings is 1. The molecule has 1 aromatic heterocycles. The van der Waals surface area contributed by atoms with E-state index >= 15 is 0 Å². The Balaban J connectivity index is 1.57. The molecule has 176 valence electrons. The standard InChI is InChI=1S/C23H24F3N3O3S/c1-15-5-4-6-20(17(15)3)28-9-11-29(12-10-28)33(30,31)21-13-18(8-7-16(21)2)19-14-22(32-27-19)23(24,25)26/h4-8,13-14H,9-12H2,1-3H3. The lowest BCUT2D eigenvalue weighted by Gasteiger charge is -2.36. The SMILES string of the molecule is Cc1ccc(-c2cc(C(F)(F)F)on2)cc1S(=O)(=O)N1CCN(c2cccc(C)c2C)CC1. The van der Waals surface area contributed by atoms with Gasteiger partial charge in [-0.2, -0.15) is 17.5 Å². The summed E-state index contributed by atoms with van der Waals surface area (Å²) in [5.41, 5.74) is 4.12. The number of alkyl halides is 3. The highest BCUT2D eigenvalue weighted by Crippen LogP contribution is 2.34. The highest BCUT2D eigenvalue weighted by atomic mass is 32.2. The first-order valence-corrected chi connectivity index (χ1v) is 11.9. The van der Waals surface area contributed by atoms with E-state index < -0.39 is 22.0 Å². The zero-order valence-corrected chi connectivity index (χ0v) is 19.3. The number of hydrogen-bond acceptors (Lipinski definition) is 5. The molecule has 1 fully saturated rings. The Labute approximate surface area is 190 Å². The molecule has 0 N–H and O–H groups in total. The van der Waals surface area contributed by atoms with E-state index in [1.807, 2.05) is 25.1 Å². The molecule has 10 heteroatoms. The molecule has 0 radical (unpaired) electrons. The average Bonchev–Trinajstić information content (AvgIpc) is 3.27. The fourth-order valence-electron chi connectivity index (χ4n) is 3.97. The van der Waals surface area contributed by atoms with Crippen molar-refractivity contribution in [2.45, 2.75) is 31.8 Å². The molecule has 1 aliphatic heterocycles. The van der Waals surface area contributed by atoms with E-state index in [0.717, 1.165) is 11.8 Å². The Morgan fingerprint density at radius 3 is 2.27 bits per heavy atom. The van der Waals surface area contributed by atoms with Crippen LogP contribution in [0.4, 0.5) is 18.9 Å². The Kier molecular flexibility index (Phi) is 6.00. The predicted molar refractivity (Wildman–Crippen MR) is 119 cm³/mol. The van der Waals surface area contributed by atoms with Gasteiger partial charge in [0.25, 0.3) is 0 Å². The van der Waals surface area contributed by atoms with Crippen LogP contribution in [-0.4, -0.2) is 44.1 Å². The Morgan fingerprint density at radius 2 is 1.64 bits per heavy atom. The predicted octanol–water partition coefficient (Wildman–Crippen LogP) is 4.80. The van der Waals surface area contributed by atoms with Crippen molar-refractivity contribution < 1.29 is 26.1 Å². The summed E-state index contributed by atoms with van der Waals surface area (Å²) < 4.78 is 71.2. The zero-order chi connectivity index (χ0) is 24.0. The molecule has 33 heavy (non-hydrogen) atoms. The number of sulfonamides is 1. The first-order valence-electron chi connectivity index (χ1n) is 10.4. The van der Waals surface area contributed by atoms with E-state index in [4.69, 9.17) is 0 Å². The number of hydrogen-bond donors (Lipinski definition) is 0. The summed E-state index contributed by atoms with van der Waals surface area (Å²) >= 11 is 0. The van der Waals surface area contributed by atoms with Gasteiger partial charge in [-0.15, -0.1) is 0 Å². The van der Waals surface area contributed by atoms with Crippen molar-refractivity contribution in [3.05, 3.63) is 64.9 Å². The third-order valence-corrected chi connectivity index (χ3v) is 8.09. The van der Waals surface area contributed by atoms with Gasteiger partial charge in [-0.3, -0.25) is 0 Å². The van der Waals surface area contributed by atoms with Crippen molar-refractivity contribution in [1.29, 1.82) is 0 Å². The first kappa shape index (κ1) is 23.3. The smallest absolute Gasteiger partial charge is 0.369 e. The molecular weight excluding hydrogens is 455 g/mol. The van der Waals surface area contributed by atoms with E-state index in [9.17, 15) is 21.6 Å². The molecule has 0 aliphatic carbocycles. The van der Waals surface area contributed by atoms with Crippen LogP contribution in [0.3, 0.4) is 0 Å². The molecule has 0 unspecified atom stereocenters. The van der Waals surface area contributed by atoms with Crippen molar-refractivity contribution >= 4 is 15.7 Å². The topological polar surface area (TPSA) is 66.7 Å². The van der Waals surface area contributed by atoms with Gasteiger partial charge in [0.05, 0.1) is 4.90 Å². The van der Waals surface area contributed by atoms with E-state index in [0.29, 0.717) is 31.7 Å². The monoisotopic (exact) mass is 479 g/mol. The van der Waals surface area contributed by atoms with Crippen molar-refractivity contribution in [3.8, 4) is 11.3 Å². The van der Waals surface area contributed by atoms with Gasteiger partial charge in [0.15, 0.2) is 0 Å². The molecule has 0 spiro atoms. The van der Waals surface area contributed by atoms with Crippen molar-refractivity contribution in [2.24, 2.45) is 0 Å². The lowest BCUT2D eigenvalue weighted by molar-refractivity contribution is -0.155. The summed E-state index contributed by atoms with van der Waals surface area (Å²) in [5.74, 6) is -1.23. The molecule has 1 saturated heterocycles. The van der Waals surface area contributed by atoms with Crippen LogP contribution in [0.1, 0.15) is 22.5 Å². The zero-order valence-electron chi connectivity index (χ0n) is 18.5. The van der Waals surface area contributed by atoms with Gasteiger partial charge in [-0.05, 0) is 49.6 Å². The number of anilines is 1. The van der Waals surface area contributed by atoms with Crippen LogP contribution < -0.4 is 4.90 Å².